The average Bonchev–Trinajstić information content (AvgIpc) is 2.85. The molecule has 3 atom stereocenters. The summed E-state index contributed by atoms with van der Waals surface area (Å²) in [5.74, 6) is -1.92. The lowest BCUT2D eigenvalue weighted by Gasteiger charge is -2.40. The van der Waals surface area contributed by atoms with Crippen LogP contribution < -0.4 is 5.56 Å². The molecule has 3 rings (SSSR count). The zero-order chi connectivity index (χ0) is 18.4. The molecule has 1 heterocycles. The smallest absolute Gasteiger partial charge is 0.313 e. The second-order valence-corrected chi connectivity index (χ2v) is 7.36. The molecule has 2 aromatic rings. The van der Waals surface area contributed by atoms with Gasteiger partial charge in [0.25, 0.3) is 5.56 Å². The number of nitrogens with one attached hydrogen (secondary N) is 2. The zero-order valence-electron chi connectivity index (χ0n) is 14.9. The summed E-state index contributed by atoms with van der Waals surface area (Å²) in [4.78, 5) is 25.2. The number of benzene rings is 1. The van der Waals surface area contributed by atoms with Crippen molar-refractivity contribution in [1.29, 1.82) is 0 Å². The summed E-state index contributed by atoms with van der Waals surface area (Å²) in [6.07, 6.45) is -0.116. The standard InChI is InChI=1S/C19H24N2O4/c1-10(2)25-18(23)16-14(12-7-5-11(3)6-8-12)15-13(9-19(16,4)24)20-21-17(15)22/h5-8,10,14,16,24H,9H2,1-4H3,(H2,20,21,22). The maximum atomic E-state index is 12.8. The van der Waals surface area contributed by atoms with Crippen molar-refractivity contribution in [3.05, 3.63) is 57.0 Å². The van der Waals surface area contributed by atoms with Crippen LogP contribution in [-0.2, 0) is 16.0 Å². The number of aliphatic hydroxyl groups is 1. The van der Waals surface area contributed by atoms with Crippen LogP contribution in [0.25, 0.3) is 0 Å². The van der Waals surface area contributed by atoms with Crippen LogP contribution in [0.1, 0.15) is 49.1 Å². The maximum absolute atomic E-state index is 12.8. The van der Waals surface area contributed by atoms with Gasteiger partial charge in [-0.3, -0.25) is 14.7 Å². The van der Waals surface area contributed by atoms with Crippen molar-refractivity contribution in [3.63, 3.8) is 0 Å². The van der Waals surface area contributed by atoms with E-state index in [9.17, 15) is 14.7 Å². The number of H-pyrrole nitrogens is 2. The zero-order valence-corrected chi connectivity index (χ0v) is 14.9. The van der Waals surface area contributed by atoms with Gasteiger partial charge in [0.15, 0.2) is 0 Å². The molecule has 0 saturated heterocycles. The Labute approximate surface area is 146 Å². The van der Waals surface area contributed by atoms with Crippen LogP contribution in [0.2, 0.25) is 0 Å². The predicted octanol–water partition coefficient (Wildman–Crippen LogP) is 2.02. The molecule has 0 radical (unpaired) electrons. The van der Waals surface area contributed by atoms with Gasteiger partial charge in [-0.15, -0.1) is 0 Å². The van der Waals surface area contributed by atoms with Crippen molar-refractivity contribution in [2.45, 2.75) is 51.7 Å². The van der Waals surface area contributed by atoms with Crippen molar-refractivity contribution in [2.24, 2.45) is 5.92 Å². The van der Waals surface area contributed by atoms with Gasteiger partial charge in [-0.25, -0.2) is 0 Å². The number of rotatable bonds is 3. The Kier molecular flexibility index (Phi) is 4.33. The first-order valence-electron chi connectivity index (χ1n) is 8.49. The third-order valence-electron chi connectivity index (χ3n) is 4.79. The lowest BCUT2D eigenvalue weighted by molar-refractivity contribution is -0.163. The van der Waals surface area contributed by atoms with Gasteiger partial charge >= 0.3 is 5.97 Å². The number of esters is 1. The quantitative estimate of drug-likeness (QED) is 0.742. The molecular formula is C19H24N2O4. The third-order valence-corrected chi connectivity index (χ3v) is 4.79. The van der Waals surface area contributed by atoms with Gasteiger partial charge in [-0.05, 0) is 33.3 Å². The summed E-state index contributed by atoms with van der Waals surface area (Å²) in [5, 5.41) is 16.5. The van der Waals surface area contributed by atoms with Crippen molar-refractivity contribution < 1.29 is 14.6 Å². The van der Waals surface area contributed by atoms with E-state index in [1.807, 2.05) is 31.2 Å². The number of fused-ring (bicyclic) bond motifs is 1. The van der Waals surface area contributed by atoms with Gasteiger partial charge in [-0.2, -0.15) is 0 Å². The Bertz CT molecular complexity index is 830. The summed E-state index contributed by atoms with van der Waals surface area (Å²) in [6.45, 7) is 7.13. The number of aromatic nitrogens is 2. The first kappa shape index (κ1) is 17.5. The topological polar surface area (TPSA) is 95.2 Å². The molecule has 6 nitrogen and oxygen atoms in total. The summed E-state index contributed by atoms with van der Waals surface area (Å²) in [6, 6.07) is 7.66. The van der Waals surface area contributed by atoms with Gasteiger partial charge in [0, 0.05) is 23.6 Å². The number of carbonyl (C=O) groups is 1. The van der Waals surface area contributed by atoms with Crippen molar-refractivity contribution >= 4 is 5.97 Å². The van der Waals surface area contributed by atoms with Crippen LogP contribution >= 0.6 is 0 Å². The number of carbonyl (C=O) groups excluding carboxylic acids is 1. The van der Waals surface area contributed by atoms with Gasteiger partial charge in [0.1, 0.15) is 0 Å². The van der Waals surface area contributed by atoms with Crippen LogP contribution in [0.15, 0.2) is 29.1 Å². The van der Waals surface area contributed by atoms with Crippen LogP contribution in [-0.4, -0.2) is 33.0 Å². The average molecular weight is 344 g/mol. The SMILES string of the molecule is Cc1ccc(C2c3c([nH][nH]c3=O)CC(C)(O)C2C(=O)OC(C)C)cc1. The molecule has 1 aromatic heterocycles. The van der Waals surface area contributed by atoms with E-state index < -0.39 is 23.4 Å². The van der Waals surface area contributed by atoms with Crippen LogP contribution in [0, 0.1) is 12.8 Å². The lowest BCUT2D eigenvalue weighted by atomic mass is 9.66. The van der Waals surface area contributed by atoms with E-state index in [2.05, 4.69) is 10.2 Å². The largest absolute Gasteiger partial charge is 0.463 e. The molecule has 0 bridgehead atoms. The number of hydrogen-bond donors (Lipinski definition) is 3. The van der Waals surface area contributed by atoms with Gasteiger partial charge < -0.3 is 14.9 Å². The highest BCUT2D eigenvalue weighted by Gasteiger charge is 2.51. The fourth-order valence-electron chi connectivity index (χ4n) is 3.69. The van der Waals surface area contributed by atoms with E-state index in [4.69, 9.17) is 4.74 Å². The summed E-state index contributed by atoms with van der Waals surface area (Å²) in [7, 11) is 0. The third kappa shape index (κ3) is 3.14. The highest BCUT2D eigenvalue weighted by atomic mass is 16.5. The van der Waals surface area contributed by atoms with Crippen LogP contribution in [0.4, 0.5) is 0 Å². The normalized spacial score (nSPS) is 25.7. The molecule has 0 spiro atoms. The van der Waals surface area contributed by atoms with Crippen LogP contribution in [0.3, 0.4) is 0 Å². The Morgan fingerprint density at radius 3 is 2.52 bits per heavy atom. The summed E-state index contributed by atoms with van der Waals surface area (Å²) < 4.78 is 5.41. The van der Waals surface area contributed by atoms with E-state index in [1.54, 1.807) is 20.8 Å². The minimum atomic E-state index is -1.33. The van der Waals surface area contributed by atoms with Crippen LogP contribution in [0.5, 0.6) is 0 Å². The van der Waals surface area contributed by atoms with E-state index >= 15 is 0 Å². The second kappa shape index (κ2) is 6.19. The predicted molar refractivity (Wildman–Crippen MR) is 93.5 cm³/mol. The monoisotopic (exact) mass is 344 g/mol. The molecule has 0 amide bonds. The minimum absolute atomic E-state index is 0.182. The van der Waals surface area contributed by atoms with E-state index in [0.717, 1.165) is 11.1 Å². The molecule has 0 saturated carbocycles. The Balaban J connectivity index is 2.18. The first-order chi connectivity index (χ1) is 11.7. The highest BCUT2D eigenvalue weighted by Crippen LogP contribution is 2.44. The van der Waals surface area contributed by atoms with Gasteiger partial charge in [0.2, 0.25) is 0 Å². The van der Waals surface area contributed by atoms with Gasteiger partial charge in [-0.1, -0.05) is 29.8 Å². The van der Waals surface area contributed by atoms with Crippen molar-refractivity contribution in [3.8, 4) is 0 Å². The highest BCUT2D eigenvalue weighted by molar-refractivity contribution is 5.77. The lowest BCUT2D eigenvalue weighted by Crippen LogP contribution is -2.50. The number of aryl methyl sites for hydroxylation is 1. The van der Waals surface area contributed by atoms with E-state index in [1.165, 1.54) is 0 Å². The Morgan fingerprint density at radius 2 is 1.92 bits per heavy atom. The second-order valence-electron chi connectivity index (χ2n) is 7.36. The summed E-state index contributed by atoms with van der Waals surface area (Å²) >= 11 is 0. The summed E-state index contributed by atoms with van der Waals surface area (Å²) in [5.41, 5.74) is 1.42. The molecule has 0 fully saturated rings. The number of aromatic amines is 2. The molecule has 134 valence electrons. The molecular weight excluding hydrogens is 320 g/mol. The molecule has 1 aliphatic rings. The van der Waals surface area contributed by atoms with Crippen molar-refractivity contribution in [1.82, 2.24) is 10.2 Å². The number of ether oxygens (including phenoxy) is 1. The number of hydrogen-bond acceptors (Lipinski definition) is 4. The van der Waals surface area contributed by atoms with Crippen molar-refractivity contribution in [2.75, 3.05) is 0 Å². The molecule has 1 aliphatic carbocycles. The van der Waals surface area contributed by atoms with E-state index in [-0.39, 0.29) is 18.1 Å². The fourth-order valence-corrected chi connectivity index (χ4v) is 3.69. The molecule has 6 heteroatoms. The Hall–Kier alpha value is -2.34. The molecule has 3 N–H and O–H groups in total. The first-order valence-corrected chi connectivity index (χ1v) is 8.49. The molecule has 25 heavy (non-hydrogen) atoms. The molecule has 0 aliphatic heterocycles. The fraction of sp³-hybridized carbons (Fsp3) is 0.474. The van der Waals surface area contributed by atoms with E-state index in [0.29, 0.717) is 11.3 Å². The Morgan fingerprint density at radius 1 is 1.28 bits per heavy atom. The minimum Gasteiger partial charge on any atom is -0.463 e. The molecule has 3 unspecified atom stereocenters. The maximum Gasteiger partial charge on any atom is 0.313 e. The molecule has 1 aromatic carbocycles. The van der Waals surface area contributed by atoms with Gasteiger partial charge in [0.05, 0.1) is 17.6 Å².